The monoisotopic (exact) mass is 443 g/mol. The molecule has 1 aromatic heterocycles. The maximum absolute atomic E-state index is 12.9. The number of amides is 2. The molecule has 1 aliphatic rings. The van der Waals surface area contributed by atoms with E-state index in [1.54, 1.807) is 17.3 Å². The van der Waals surface area contributed by atoms with Crippen LogP contribution in [-0.4, -0.2) is 22.3 Å². The lowest BCUT2D eigenvalue weighted by molar-refractivity contribution is -0.127. The highest BCUT2D eigenvalue weighted by Crippen LogP contribution is 2.54. The van der Waals surface area contributed by atoms with Crippen molar-refractivity contribution in [3.8, 4) is 5.75 Å². The molecule has 2 aromatic carbocycles. The number of ether oxygens (including phenoxy) is 1. The summed E-state index contributed by atoms with van der Waals surface area (Å²) in [6.07, 6.45) is 3.50. The van der Waals surface area contributed by atoms with Crippen LogP contribution in [0.3, 0.4) is 0 Å². The topological polar surface area (TPSA) is 85.5 Å². The van der Waals surface area contributed by atoms with E-state index in [4.69, 9.17) is 10.5 Å². The Labute approximate surface area is 194 Å². The maximum atomic E-state index is 12.9. The molecule has 0 fully saturated rings. The smallest absolute Gasteiger partial charge is 0.224 e. The number of aromatic nitrogens is 1. The predicted octanol–water partition coefficient (Wildman–Crippen LogP) is 4.21. The van der Waals surface area contributed by atoms with Crippen LogP contribution in [0.1, 0.15) is 44.4 Å². The number of nitrogens with zero attached hydrogens (tertiary/aromatic N) is 2. The third-order valence-corrected chi connectivity index (χ3v) is 6.75. The molecule has 4 rings (SSSR count). The van der Waals surface area contributed by atoms with E-state index in [-0.39, 0.29) is 5.91 Å². The van der Waals surface area contributed by atoms with Crippen molar-refractivity contribution >= 4 is 17.5 Å². The highest BCUT2D eigenvalue weighted by atomic mass is 16.5. The molecule has 0 saturated heterocycles. The number of anilines is 1. The Morgan fingerprint density at radius 3 is 2.33 bits per heavy atom. The van der Waals surface area contributed by atoms with Crippen molar-refractivity contribution in [1.29, 1.82) is 0 Å². The Kier molecular flexibility index (Phi) is 5.70. The first-order chi connectivity index (χ1) is 15.7. The Morgan fingerprint density at radius 1 is 1.03 bits per heavy atom. The number of carbonyl (C=O) groups excluding carboxylic acids is 2. The lowest BCUT2D eigenvalue weighted by Crippen LogP contribution is -2.65. The normalized spacial score (nSPS) is 21.2. The summed E-state index contributed by atoms with van der Waals surface area (Å²) in [7, 11) is 0. The molecule has 170 valence electrons. The molecule has 0 saturated carbocycles. The number of hydrogen-bond donors (Lipinski definition) is 1. The molecule has 0 spiro atoms. The van der Waals surface area contributed by atoms with Crippen LogP contribution in [0.2, 0.25) is 0 Å². The van der Waals surface area contributed by atoms with Crippen LogP contribution in [0.25, 0.3) is 0 Å². The molecule has 3 aromatic rings. The number of carbonyl (C=O) groups is 2. The van der Waals surface area contributed by atoms with E-state index in [1.165, 1.54) is 6.92 Å². The van der Waals surface area contributed by atoms with Crippen molar-refractivity contribution in [2.75, 3.05) is 4.90 Å². The lowest BCUT2D eigenvalue weighted by atomic mass is 9.57. The molecule has 2 amide bonds. The van der Waals surface area contributed by atoms with Crippen LogP contribution in [0.5, 0.6) is 5.75 Å². The van der Waals surface area contributed by atoms with Crippen LogP contribution in [0.4, 0.5) is 5.69 Å². The summed E-state index contributed by atoms with van der Waals surface area (Å²) in [6.45, 7) is 7.78. The number of rotatable bonds is 5. The van der Waals surface area contributed by atoms with Gasteiger partial charge in [-0.2, -0.15) is 0 Å². The van der Waals surface area contributed by atoms with Gasteiger partial charge in [0.25, 0.3) is 0 Å². The Bertz CT molecular complexity index is 1170. The molecule has 2 unspecified atom stereocenters. The summed E-state index contributed by atoms with van der Waals surface area (Å²) in [5.41, 5.74) is 8.06. The summed E-state index contributed by atoms with van der Waals surface area (Å²) in [5.74, 6) is -0.499. The Morgan fingerprint density at radius 2 is 1.73 bits per heavy atom. The van der Waals surface area contributed by atoms with Crippen LogP contribution < -0.4 is 15.4 Å². The van der Waals surface area contributed by atoms with E-state index < -0.39 is 22.8 Å². The zero-order chi connectivity index (χ0) is 23.8. The number of nitrogens with two attached hydrogens (primary N) is 1. The molecule has 0 radical (unpaired) electrons. The van der Waals surface area contributed by atoms with Gasteiger partial charge in [-0.25, -0.2) is 0 Å². The predicted molar refractivity (Wildman–Crippen MR) is 128 cm³/mol. The Hall–Kier alpha value is -3.67. The standard InChI is InChI=1S/C27H29N3O3/c1-18(31)30-23-10-6-5-9-22(23)27(4,24(25(28)32)26(30,2)3)20-11-13-21(14-12-20)33-17-19-8-7-15-29-16-19/h5-16,24H,17H2,1-4H3,(H2,28,32). The zero-order valence-electron chi connectivity index (χ0n) is 19.4. The van der Waals surface area contributed by atoms with Gasteiger partial charge in [-0.3, -0.25) is 14.6 Å². The van der Waals surface area contributed by atoms with E-state index >= 15 is 0 Å². The first-order valence-electron chi connectivity index (χ1n) is 11.0. The summed E-state index contributed by atoms with van der Waals surface area (Å²) in [4.78, 5) is 31.4. The minimum Gasteiger partial charge on any atom is -0.489 e. The number of primary amides is 1. The SMILES string of the molecule is CC(=O)N1c2ccccc2C(C)(c2ccc(OCc3cccnc3)cc2)C(C(N)=O)C1(C)C. The highest BCUT2D eigenvalue weighted by Gasteiger charge is 2.57. The fraction of sp³-hybridized carbons (Fsp3) is 0.296. The average Bonchev–Trinajstić information content (AvgIpc) is 2.77. The molecule has 1 aliphatic heterocycles. The van der Waals surface area contributed by atoms with Gasteiger partial charge < -0.3 is 15.4 Å². The average molecular weight is 444 g/mol. The van der Waals surface area contributed by atoms with Gasteiger partial charge in [0, 0.05) is 36.0 Å². The van der Waals surface area contributed by atoms with Crippen molar-refractivity contribution in [2.24, 2.45) is 11.7 Å². The quantitative estimate of drug-likeness (QED) is 0.640. The fourth-order valence-electron chi connectivity index (χ4n) is 5.49. The molecule has 2 N–H and O–H groups in total. The molecule has 2 heterocycles. The van der Waals surface area contributed by atoms with Crippen molar-refractivity contribution in [3.05, 3.63) is 89.7 Å². The van der Waals surface area contributed by atoms with E-state index in [0.29, 0.717) is 6.61 Å². The van der Waals surface area contributed by atoms with Gasteiger partial charge in [0.2, 0.25) is 11.8 Å². The van der Waals surface area contributed by atoms with Gasteiger partial charge in [0.05, 0.1) is 11.5 Å². The second-order valence-electron chi connectivity index (χ2n) is 9.24. The highest BCUT2D eigenvalue weighted by molar-refractivity contribution is 5.98. The summed E-state index contributed by atoms with van der Waals surface area (Å²) < 4.78 is 5.92. The molecular formula is C27H29N3O3. The Balaban J connectivity index is 1.78. The number of pyridine rings is 1. The largest absolute Gasteiger partial charge is 0.489 e. The molecule has 2 atom stereocenters. The fourth-order valence-corrected chi connectivity index (χ4v) is 5.49. The first kappa shape index (κ1) is 22.5. The maximum Gasteiger partial charge on any atom is 0.224 e. The summed E-state index contributed by atoms with van der Waals surface area (Å²) >= 11 is 0. The van der Waals surface area contributed by atoms with Gasteiger partial charge in [0.1, 0.15) is 12.4 Å². The van der Waals surface area contributed by atoms with Crippen LogP contribution in [-0.2, 0) is 21.6 Å². The molecule has 0 aliphatic carbocycles. The van der Waals surface area contributed by atoms with Gasteiger partial charge in [-0.1, -0.05) is 43.3 Å². The number of benzene rings is 2. The first-order valence-corrected chi connectivity index (χ1v) is 11.0. The molecule has 6 heteroatoms. The van der Waals surface area contributed by atoms with Gasteiger partial charge in [-0.05, 0) is 49.2 Å². The van der Waals surface area contributed by atoms with Gasteiger partial charge >= 0.3 is 0 Å². The van der Waals surface area contributed by atoms with E-state index in [1.807, 2.05) is 81.4 Å². The van der Waals surface area contributed by atoms with Crippen molar-refractivity contribution in [2.45, 2.75) is 45.3 Å². The molecule has 6 nitrogen and oxygen atoms in total. The summed E-state index contributed by atoms with van der Waals surface area (Å²) in [6, 6.07) is 19.3. The number of hydrogen-bond acceptors (Lipinski definition) is 4. The third kappa shape index (κ3) is 3.75. The minimum absolute atomic E-state index is 0.125. The number of fused-ring (bicyclic) bond motifs is 1. The van der Waals surface area contributed by atoms with Crippen molar-refractivity contribution in [3.63, 3.8) is 0 Å². The zero-order valence-corrected chi connectivity index (χ0v) is 19.4. The van der Waals surface area contributed by atoms with Crippen LogP contribution in [0, 0.1) is 5.92 Å². The summed E-state index contributed by atoms with van der Waals surface area (Å²) in [5, 5.41) is 0. The molecular weight excluding hydrogens is 414 g/mol. The second-order valence-corrected chi connectivity index (χ2v) is 9.24. The number of para-hydroxylation sites is 1. The van der Waals surface area contributed by atoms with Crippen molar-refractivity contribution in [1.82, 2.24) is 4.98 Å². The van der Waals surface area contributed by atoms with E-state index in [9.17, 15) is 9.59 Å². The van der Waals surface area contributed by atoms with Gasteiger partial charge in [-0.15, -0.1) is 0 Å². The van der Waals surface area contributed by atoms with Gasteiger partial charge in [0.15, 0.2) is 0 Å². The second kappa shape index (κ2) is 8.35. The van der Waals surface area contributed by atoms with Crippen LogP contribution in [0.15, 0.2) is 73.1 Å². The lowest BCUT2D eigenvalue weighted by Gasteiger charge is -2.55. The molecule has 0 bridgehead atoms. The molecule has 33 heavy (non-hydrogen) atoms. The minimum atomic E-state index is -0.823. The van der Waals surface area contributed by atoms with E-state index in [2.05, 4.69) is 4.98 Å². The van der Waals surface area contributed by atoms with E-state index in [0.717, 1.165) is 28.1 Å². The van der Waals surface area contributed by atoms with Crippen LogP contribution >= 0.6 is 0 Å². The third-order valence-electron chi connectivity index (χ3n) is 6.75. The van der Waals surface area contributed by atoms with Crippen molar-refractivity contribution < 1.29 is 14.3 Å².